The maximum absolute atomic E-state index is 11.3. The third kappa shape index (κ3) is 8.89. The fourth-order valence-electron chi connectivity index (χ4n) is 2.14. The monoisotopic (exact) mass is 526 g/mol. The van der Waals surface area contributed by atoms with Gasteiger partial charge < -0.3 is 25.9 Å². The van der Waals surface area contributed by atoms with Crippen molar-refractivity contribution in [2.24, 2.45) is 0 Å². The lowest BCUT2D eigenvalue weighted by molar-refractivity contribution is -0.124. The highest BCUT2D eigenvalue weighted by Gasteiger charge is 2.22. The van der Waals surface area contributed by atoms with Gasteiger partial charge in [-0.1, -0.05) is 6.07 Å². The van der Waals surface area contributed by atoms with Gasteiger partial charge in [-0.3, -0.25) is 23.3 Å². The van der Waals surface area contributed by atoms with E-state index >= 15 is 0 Å². The van der Waals surface area contributed by atoms with E-state index in [0.29, 0.717) is 12.1 Å². The van der Waals surface area contributed by atoms with E-state index < -0.39 is 55.0 Å². The van der Waals surface area contributed by atoms with Gasteiger partial charge in [-0.05, 0) is 37.3 Å². The average Bonchev–Trinajstić information content (AvgIpc) is 2.61. The highest BCUT2D eigenvalue weighted by molar-refractivity contribution is 7.86. The van der Waals surface area contributed by atoms with E-state index in [9.17, 15) is 36.1 Å². The van der Waals surface area contributed by atoms with Crippen LogP contribution in [0, 0.1) is 0 Å². The van der Waals surface area contributed by atoms with Gasteiger partial charge in [-0.15, -0.1) is 0 Å². The van der Waals surface area contributed by atoms with Crippen LogP contribution in [-0.4, -0.2) is 52.5 Å². The lowest BCUT2D eigenvalue weighted by Gasteiger charge is -2.07. The standard InChI is InChI=1S/C10H12NO5P.C6H7NO7S2/c1-7(12)5-10(13)11-8-3-2-4-9(6-8)17(14,15)16;7-4-1-3(15(9,10)11)2-5(6(4)8)16(12,13)14/h2-4,6H,5H2,1H3,(H,11,13)(H2,14,15,16);1-2,8H,7H2,(H,9,10,11)(H,12,13,14). The quantitative estimate of drug-likeness (QED) is 0.0852. The zero-order valence-electron chi connectivity index (χ0n) is 16.6. The third-order valence-electron chi connectivity index (χ3n) is 3.53. The number of nitrogens with two attached hydrogens (primary N) is 1. The molecule has 0 saturated carbocycles. The summed E-state index contributed by atoms with van der Waals surface area (Å²) in [7, 11) is -13.9. The van der Waals surface area contributed by atoms with Crippen LogP contribution in [0.4, 0.5) is 11.4 Å². The van der Waals surface area contributed by atoms with Gasteiger partial charge >= 0.3 is 7.60 Å². The predicted molar refractivity (Wildman–Crippen MR) is 114 cm³/mol. The minimum absolute atomic E-state index is 0.182. The zero-order valence-corrected chi connectivity index (χ0v) is 19.1. The number of carbonyl (C=O) groups is 2. The van der Waals surface area contributed by atoms with E-state index in [2.05, 4.69) is 5.32 Å². The zero-order chi connectivity index (χ0) is 25.8. The molecular formula is C16H19N2O12PS2. The van der Waals surface area contributed by atoms with Crippen LogP contribution in [0.2, 0.25) is 0 Å². The first kappa shape index (κ1) is 28.2. The van der Waals surface area contributed by atoms with Crippen LogP contribution in [0.1, 0.15) is 13.3 Å². The number of Topliss-reactive ketones (excluding diaryl/α,β-unsaturated/α-hetero) is 1. The summed E-state index contributed by atoms with van der Waals surface area (Å²) in [6.07, 6.45) is -0.264. The van der Waals surface area contributed by atoms with Crippen molar-refractivity contribution in [1.29, 1.82) is 0 Å². The SMILES string of the molecule is CC(=O)CC(=O)Nc1cccc(P(=O)(O)O)c1.Nc1cc(S(=O)(=O)O)cc(S(=O)(=O)O)c1O. The van der Waals surface area contributed by atoms with Crippen LogP contribution < -0.4 is 16.4 Å². The minimum Gasteiger partial charge on any atom is -0.504 e. The Kier molecular flexibility index (Phi) is 8.87. The molecule has 0 heterocycles. The van der Waals surface area contributed by atoms with Crippen LogP contribution >= 0.6 is 7.60 Å². The highest BCUT2D eigenvalue weighted by Crippen LogP contribution is 2.34. The second-order valence-electron chi connectivity index (χ2n) is 6.33. The summed E-state index contributed by atoms with van der Waals surface area (Å²) < 4.78 is 71.2. The number of phenols is 1. The fourth-order valence-corrected chi connectivity index (χ4v) is 3.99. The number of ketones is 1. The lowest BCUT2D eigenvalue weighted by atomic mass is 10.2. The number of nitrogens with one attached hydrogen (secondary N) is 1. The van der Waals surface area contributed by atoms with Crippen LogP contribution in [0.15, 0.2) is 46.2 Å². The molecule has 1 amide bonds. The number of hydrogen-bond acceptors (Lipinski definition) is 9. The molecule has 0 spiro atoms. The van der Waals surface area contributed by atoms with Gasteiger partial charge in [-0.25, -0.2) is 0 Å². The predicted octanol–water partition coefficient (Wildman–Crippen LogP) is -0.125. The number of hydrogen-bond donors (Lipinski definition) is 7. The molecule has 14 nitrogen and oxygen atoms in total. The van der Waals surface area contributed by atoms with E-state index in [1.165, 1.54) is 31.2 Å². The molecule has 2 aromatic rings. The summed E-state index contributed by atoms with van der Waals surface area (Å²) in [5.41, 5.74) is 4.75. The van der Waals surface area contributed by atoms with Gasteiger partial charge in [0.1, 0.15) is 10.7 Å². The molecule has 0 aliphatic heterocycles. The molecular weight excluding hydrogens is 507 g/mol. The van der Waals surface area contributed by atoms with Gasteiger partial charge in [0.25, 0.3) is 20.2 Å². The van der Waals surface area contributed by atoms with E-state index in [1.54, 1.807) is 0 Å². The second kappa shape index (κ2) is 10.4. The number of amides is 1. The number of carbonyl (C=O) groups excluding carboxylic acids is 2. The molecule has 0 bridgehead atoms. The topological polar surface area (TPSA) is 259 Å². The molecule has 2 aromatic carbocycles. The first-order valence-corrected chi connectivity index (χ1v) is 12.8. The van der Waals surface area contributed by atoms with E-state index in [0.717, 1.165) is 0 Å². The number of anilines is 2. The summed E-state index contributed by atoms with van der Waals surface area (Å²) in [6.45, 7) is 1.28. The molecule has 0 aliphatic carbocycles. The van der Waals surface area contributed by atoms with E-state index in [-0.39, 0.29) is 23.2 Å². The first-order valence-electron chi connectivity index (χ1n) is 8.35. The Balaban J connectivity index is 0.000000331. The fraction of sp³-hybridized carbons (Fsp3) is 0.125. The maximum Gasteiger partial charge on any atom is 0.356 e. The van der Waals surface area contributed by atoms with Crippen molar-refractivity contribution in [3.8, 4) is 5.75 Å². The third-order valence-corrected chi connectivity index (χ3v) is 6.18. The minimum atomic E-state index is -4.84. The Morgan fingerprint density at radius 3 is 2.06 bits per heavy atom. The highest BCUT2D eigenvalue weighted by atomic mass is 32.2. The molecule has 17 heteroatoms. The number of rotatable bonds is 6. The number of nitrogen functional groups attached to an aromatic ring is 1. The Bertz CT molecular complexity index is 1330. The molecule has 0 unspecified atom stereocenters. The Morgan fingerprint density at radius 2 is 1.61 bits per heavy atom. The molecule has 33 heavy (non-hydrogen) atoms. The van der Waals surface area contributed by atoms with Crippen molar-refractivity contribution in [2.75, 3.05) is 11.1 Å². The smallest absolute Gasteiger partial charge is 0.356 e. The molecule has 8 N–H and O–H groups in total. The average molecular weight is 526 g/mol. The molecule has 182 valence electrons. The lowest BCUT2D eigenvalue weighted by Crippen LogP contribution is -2.16. The van der Waals surface area contributed by atoms with Gasteiger partial charge in [0.15, 0.2) is 5.75 Å². The number of benzene rings is 2. The summed E-state index contributed by atoms with van der Waals surface area (Å²) in [5.74, 6) is -1.79. The van der Waals surface area contributed by atoms with Crippen LogP contribution in [0.25, 0.3) is 0 Å². The normalized spacial score (nSPS) is 11.8. The molecule has 2 rings (SSSR count). The van der Waals surface area contributed by atoms with Crippen molar-refractivity contribution >= 4 is 56.2 Å². The molecule has 0 atom stereocenters. The summed E-state index contributed by atoms with van der Waals surface area (Å²) >= 11 is 0. The van der Waals surface area contributed by atoms with Gasteiger partial charge in [0, 0.05) is 5.69 Å². The number of aromatic hydroxyl groups is 1. The van der Waals surface area contributed by atoms with Gasteiger partial charge in [0.2, 0.25) is 5.91 Å². The van der Waals surface area contributed by atoms with Crippen LogP contribution in [-0.2, 0) is 34.4 Å². The molecule has 0 saturated heterocycles. The van der Waals surface area contributed by atoms with Crippen LogP contribution in [0.3, 0.4) is 0 Å². The van der Waals surface area contributed by atoms with E-state index in [4.69, 9.17) is 24.6 Å². The van der Waals surface area contributed by atoms with Crippen molar-refractivity contribution in [3.05, 3.63) is 36.4 Å². The van der Waals surface area contributed by atoms with Crippen molar-refractivity contribution in [3.63, 3.8) is 0 Å². The molecule has 0 aromatic heterocycles. The van der Waals surface area contributed by atoms with E-state index in [1.807, 2.05) is 0 Å². The maximum atomic E-state index is 11.3. The first-order chi connectivity index (χ1) is 14.8. The largest absolute Gasteiger partial charge is 0.504 e. The summed E-state index contributed by atoms with van der Waals surface area (Å²) in [4.78, 5) is 37.9. The molecule has 0 fully saturated rings. The van der Waals surface area contributed by atoms with Crippen molar-refractivity contribution in [1.82, 2.24) is 0 Å². The Hall–Kier alpha value is -2.85. The number of phenolic OH excluding ortho intramolecular Hbond substituents is 1. The Labute approximate surface area is 187 Å². The van der Waals surface area contributed by atoms with Gasteiger partial charge in [-0.2, -0.15) is 16.8 Å². The Morgan fingerprint density at radius 1 is 1.03 bits per heavy atom. The van der Waals surface area contributed by atoms with Crippen molar-refractivity contribution < 1.29 is 55.0 Å². The van der Waals surface area contributed by atoms with Crippen LogP contribution in [0.5, 0.6) is 5.75 Å². The van der Waals surface area contributed by atoms with Gasteiger partial charge in [0.05, 0.1) is 22.3 Å². The second-order valence-corrected chi connectivity index (χ2v) is 10.7. The molecule has 0 radical (unpaired) electrons. The summed E-state index contributed by atoms with van der Waals surface area (Å²) in [5, 5.41) is 11.4. The van der Waals surface area contributed by atoms with Crippen molar-refractivity contribution in [2.45, 2.75) is 23.1 Å². The molecule has 0 aliphatic rings. The summed E-state index contributed by atoms with van der Waals surface area (Å²) in [6, 6.07) is 6.38.